The Morgan fingerprint density at radius 2 is 1.95 bits per heavy atom. The number of carbonyl (C=O) groups is 2. The Kier molecular flexibility index (Phi) is 5.26. The van der Waals surface area contributed by atoms with Gasteiger partial charge >= 0.3 is 5.97 Å². The van der Waals surface area contributed by atoms with E-state index in [9.17, 15) is 9.59 Å². The molecule has 5 heteroatoms. The van der Waals surface area contributed by atoms with Crippen molar-refractivity contribution < 1.29 is 14.3 Å². The lowest BCUT2D eigenvalue weighted by Gasteiger charge is -2.01. The lowest BCUT2D eigenvalue weighted by molar-refractivity contribution is -0.143. The van der Waals surface area contributed by atoms with E-state index in [0.717, 1.165) is 12.1 Å². The first-order valence-corrected chi connectivity index (χ1v) is 6.99. The zero-order valence-corrected chi connectivity index (χ0v) is 12.0. The van der Waals surface area contributed by atoms with Crippen molar-refractivity contribution >= 4 is 11.8 Å². The van der Waals surface area contributed by atoms with E-state index in [1.54, 1.807) is 10.9 Å². The molecule has 1 aromatic heterocycles. The molecule has 0 aliphatic carbocycles. The highest BCUT2D eigenvalue weighted by Gasteiger charge is 2.12. The van der Waals surface area contributed by atoms with Crippen LogP contribution in [0.3, 0.4) is 0 Å². The molecule has 0 bridgehead atoms. The SMILES string of the molecule is CCCOC(=O)CCC(=O)c1cnn(-c2ccccc2)c1. The Bertz CT molecular complexity index is 605. The molecule has 2 rings (SSSR count). The molecule has 0 unspecified atom stereocenters. The number of hydrogen-bond acceptors (Lipinski definition) is 4. The van der Waals surface area contributed by atoms with Gasteiger partial charge in [0.2, 0.25) is 0 Å². The van der Waals surface area contributed by atoms with Gasteiger partial charge in [-0.3, -0.25) is 9.59 Å². The first-order valence-electron chi connectivity index (χ1n) is 6.99. The minimum Gasteiger partial charge on any atom is -0.466 e. The lowest BCUT2D eigenvalue weighted by atomic mass is 10.1. The number of rotatable bonds is 7. The van der Waals surface area contributed by atoms with E-state index in [0.29, 0.717) is 12.2 Å². The number of Topliss-reactive ketones (excluding diaryl/α,β-unsaturated/α-hetero) is 1. The quantitative estimate of drug-likeness (QED) is 0.580. The summed E-state index contributed by atoms with van der Waals surface area (Å²) in [5.74, 6) is -0.439. The van der Waals surface area contributed by atoms with E-state index >= 15 is 0 Å². The van der Waals surface area contributed by atoms with Crippen LogP contribution in [0.2, 0.25) is 0 Å². The molecule has 0 radical (unpaired) electrons. The van der Waals surface area contributed by atoms with Gasteiger partial charge in [-0.1, -0.05) is 25.1 Å². The van der Waals surface area contributed by atoms with E-state index in [1.165, 1.54) is 6.20 Å². The number of ketones is 1. The molecule has 0 fully saturated rings. The summed E-state index contributed by atoms with van der Waals surface area (Å²) < 4.78 is 6.58. The minimum absolute atomic E-state index is 0.106. The highest BCUT2D eigenvalue weighted by atomic mass is 16.5. The van der Waals surface area contributed by atoms with Crippen LogP contribution in [-0.4, -0.2) is 28.1 Å². The fourth-order valence-electron chi connectivity index (χ4n) is 1.84. The van der Waals surface area contributed by atoms with Gasteiger partial charge in [0.25, 0.3) is 0 Å². The number of hydrogen-bond donors (Lipinski definition) is 0. The molecular formula is C16H18N2O3. The van der Waals surface area contributed by atoms with Gasteiger partial charge in [-0.05, 0) is 18.6 Å². The molecule has 0 N–H and O–H groups in total. The van der Waals surface area contributed by atoms with Gasteiger partial charge in [0.05, 0.1) is 30.5 Å². The van der Waals surface area contributed by atoms with Crippen LogP contribution in [0.25, 0.3) is 5.69 Å². The summed E-state index contributed by atoms with van der Waals surface area (Å²) in [6.07, 6.45) is 4.23. The Balaban J connectivity index is 1.92. The summed E-state index contributed by atoms with van der Waals surface area (Å²) in [6, 6.07) is 9.54. The van der Waals surface area contributed by atoms with Gasteiger partial charge in [-0.2, -0.15) is 5.10 Å². The average molecular weight is 286 g/mol. The van der Waals surface area contributed by atoms with E-state index in [1.807, 2.05) is 37.3 Å². The molecule has 1 aromatic carbocycles. The second kappa shape index (κ2) is 7.38. The van der Waals surface area contributed by atoms with Crippen LogP contribution in [0, 0.1) is 0 Å². The molecule has 0 saturated heterocycles. The summed E-state index contributed by atoms with van der Waals surface area (Å²) >= 11 is 0. The van der Waals surface area contributed by atoms with Crippen molar-refractivity contribution in [1.29, 1.82) is 0 Å². The van der Waals surface area contributed by atoms with Crippen LogP contribution >= 0.6 is 0 Å². The molecule has 2 aromatic rings. The van der Waals surface area contributed by atoms with E-state index in [-0.39, 0.29) is 24.6 Å². The second-order valence-corrected chi connectivity index (χ2v) is 4.65. The molecule has 21 heavy (non-hydrogen) atoms. The zero-order valence-electron chi connectivity index (χ0n) is 12.0. The normalized spacial score (nSPS) is 10.3. The molecule has 0 saturated carbocycles. The van der Waals surface area contributed by atoms with Crippen molar-refractivity contribution in [2.75, 3.05) is 6.61 Å². The van der Waals surface area contributed by atoms with Crippen LogP contribution in [0.1, 0.15) is 36.5 Å². The van der Waals surface area contributed by atoms with Crippen molar-refractivity contribution in [2.45, 2.75) is 26.2 Å². The summed E-state index contributed by atoms with van der Waals surface area (Å²) in [6.45, 7) is 2.33. The molecule has 0 amide bonds. The third-order valence-electron chi connectivity index (χ3n) is 2.95. The van der Waals surface area contributed by atoms with Crippen LogP contribution < -0.4 is 0 Å². The van der Waals surface area contributed by atoms with Crippen LogP contribution in [0.5, 0.6) is 0 Å². The number of aromatic nitrogens is 2. The highest BCUT2D eigenvalue weighted by molar-refractivity contribution is 5.97. The van der Waals surface area contributed by atoms with Gasteiger partial charge in [0.15, 0.2) is 5.78 Å². The van der Waals surface area contributed by atoms with Crippen molar-refractivity contribution in [2.24, 2.45) is 0 Å². The maximum absolute atomic E-state index is 12.0. The smallest absolute Gasteiger partial charge is 0.306 e. The number of para-hydroxylation sites is 1. The largest absolute Gasteiger partial charge is 0.466 e. The molecule has 1 heterocycles. The molecular weight excluding hydrogens is 268 g/mol. The number of carbonyl (C=O) groups excluding carboxylic acids is 2. The van der Waals surface area contributed by atoms with Crippen molar-refractivity contribution in [3.05, 3.63) is 48.3 Å². The van der Waals surface area contributed by atoms with Crippen LogP contribution in [-0.2, 0) is 9.53 Å². The van der Waals surface area contributed by atoms with Crippen LogP contribution in [0.4, 0.5) is 0 Å². The van der Waals surface area contributed by atoms with E-state index in [4.69, 9.17) is 4.74 Å². The third-order valence-corrected chi connectivity index (χ3v) is 2.95. The van der Waals surface area contributed by atoms with Gasteiger partial charge in [0, 0.05) is 12.6 Å². The maximum atomic E-state index is 12.0. The van der Waals surface area contributed by atoms with Crippen molar-refractivity contribution in [1.82, 2.24) is 9.78 Å². The standard InChI is InChI=1S/C16H18N2O3/c1-2-10-21-16(20)9-8-15(19)13-11-17-18(12-13)14-6-4-3-5-7-14/h3-7,11-12H,2,8-10H2,1H3. The summed E-state index contributed by atoms with van der Waals surface area (Å²) in [4.78, 5) is 23.4. The molecule has 5 nitrogen and oxygen atoms in total. The zero-order chi connectivity index (χ0) is 15.1. The van der Waals surface area contributed by atoms with E-state index < -0.39 is 0 Å². The minimum atomic E-state index is -0.333. The van der Waals surface area contributed by atoms with Crippen LogP contribution in [0.15, 0.2) is 42.7 Å². The monoisotopic (exact) mass is 286 g/mol. The topological polar surface area (TPSA) is 61.2 Å². The Hall–Kier alpha value is -2.43. The summed E-state index contributed by atoms with van der Waals surface area (Å²) in [5, 5.41) is 4.16. The van der Waals surface area contributed by atoms with Crippen molar-refractivity contribution in [3.63, 3.8) is 0 Å². The highest BCUT2D eigenvalue weighted by Crippen LogP contribution is 2.10. The fraction of sp³-hybridized carbons (Fsp3) is 0.312. The number of benzene rings is 1. The van der Waals surface area contributed by atoms with Gasteiger partial charge in [-0.25, -0.2) is 4.68 Å². The molecule has 0 aliphatic heterocycles. The molecule has 0 atom stereocenters. The number of ether oxygens (including phenoxy) is 1. The van der Waals surface area contributed by atoms with Crippen molar-refractivity contribution in [3.8, 4) is 5.69 Å². The predicted octanol–water partition coefficient (Wildman–Crippen LogP) is 2.79. The Morgan fingerprint density at radius 3 is 2.67 bits per heavy atom. The predicted molar refractivity (Wildman–Crippen MR) is 78.4 cm³/mol. The molecule has 0 spiro atoms. The average Bonchev–Trinajstić information content (AvgIpc) is 3.01. The van der Waals surface area contributed by atoms with E-state index in [2.05, 4.69) is 5.10 Å². The maximum Gasteiger partial charge on any atom is 0.306 e. The second-order valence-electron chi connectivity index (χ2n) is 4.65. The van der Waals surface area contributed by atoms with Gasteiger partial charge < -0.3 is 4.74 Å². The first kappa shape index (κ1) is 15.0. The fourth-order valence-corrected chi connectivity index (χ4v) is 1.84. The Labute approximate surface area is 123 Å². The number of esters is 1. The van der Waals surface area contributed by atoms with Gasteiger partial charge in [-0.15, -0.1) is 0 Å². The summed E-state index contributed by atoms with van der Waals surface area (Å²) in [5.41, 5.74) is 1.39. The number of nitrogens with zero attached hydrogens (tertiary/aromatic N) is 2. The third kappa shape index (κ3) is 4.27. The lowest BCUT2D eigenvalue weighted by Crippen LogP contribution is -2.08. The first-order chi connectivity index (χ1) is 10.2. The molecule has 110 valence electrons. The Morgan fingerprint density at radius 1 is 1.19 bits per heavy atom. The summed E-state index contributed by atoms with van der Waals surface area (Å²) in [7, 11) is 0. The van der Waals surface area contributed by atoms with Gasteiger partial charge in [0.1, 0.15) is 0 Å². The molecule has 0 aliphatic rings.